The Balaban J connectivity index is 2.78. The van der Waals surface area contributed by atoms with Crippen LogP contribution in [0.1, 0.15) is 18.8 Å². The van der Waals surface area contributed by atoms with Gasteiger partial charge in [-0.05, 0) is 19.1 Å². The van der Waals surface area contributed by atoms with Crippen molar-refractivity contribution in [1.82, 2.24) is 9.38 Å². The highest BCUT2D eigenvalue weighted by atomic mass is 35.5. The number of hydrogen-bond donors (Lipinski definition) is 1. The van der Waals surface area contributed by atoms with E-state index in [4.69, 9.17) is 17.3 Å². The van der Waals surface area contributed by atoms with Gasteiger partial charge in [-0.3, -0.25) is 0 Å². The normalized spacial score (nSPS) is 13.5. The van der Waals surface area contributed by atoms with Crippen LogP contribution in [0.2, 0.25) is 5.15 Å². The highest BCUT2D eigenvalue weighted by Gasteiger charge is 2.10. The number of nitrogens with zero attached hydrogens (tertiary/aromatic N) is 2. The summed E-state index contributed by atoms with van der Waals surface area (Å²) in [5.41, 5.74) is 6.65. The Morgan fingerprint density at radius 3 is 3.00 bits per heavy atom. The van der Waals surface area contributed by atoms with E-state index in [9.17, 15) is 0 Å². The lowest BCUT2D eigenvalue weighted by Gasteiger charge is -2.02. The Kier molecular flexibility index (Phi) is 1.98. The van der Waals surface area contributed by atoms with Gasteiger partial charge in [0.05, 0.1) is 11.6 Å². The van der Waals surface area contributed by atoms with Crippen molar-refractivity contribution < 1.29 is 0 Å². The molecule has 2 heterocycles. The van der Waals surface area contributed by atoms with Crippen molar-refractivity contribution in [2.75, 3.05) is 0 Å². The molecule has 0 saturated heterocycles. The maximum absolute atomic E-state index is 5.93. The summed E-state index contributed by atoms with van der Waals surface area (Å²) < 4.78 is 1.91. The molecule has 2 aromatic heterocycles. The molecule has 13 heavy (non-hydrogen) atoms. The summed E-state index contributed by atoms with van der Waals surface area (Å²) in [7, 11) is 0. The molecule has 0 saturated carbocycles. The van der Waals surface area contributed by atoms with E-state index in [1.165, 1.54) is 0 Å². The fourth-order valence-corrected chi connectivity index (χ4v) is 1.58. The minimum Gasteiger partial charge on any atom is -0.322 e. The van der Waals surface area contributed by atoms with Gasteiger partial charge in [-0.15, -0.1) is 0 Å². The monoisotopic (exact) mass is 195 g/mol. The summed E-state index contributed by atoms with van der Waals surface area (Å²) in [5.74, 6) is 0.792. The van der Waals surface area contributed by atoms with Gasteiger partial charge in [0.15, 0.2) is 5.15 Å². The summed E-state index contributed by atoms with van der Waals surface area (Å²) in [6.45, 7) is 1.89. The summed E-state index contributed by atoms with van der Waals surface area (Å²) >= 11 is 5.93. The van der Waals surface area contributed by atoms with E-state index >= 15 is 0 Å². The maximum Gasteiger partial charge on any atom is 0.155 e. The van der Waals surface area contributed by atoms with Crippen molar-refractivity contribution in [2.24, 2.45) is 5.73 Å². The summed E-state index contributed by atoms with van der Waals surface area (Å²) in [6.07, 6.45) is 1.91. The van der Waals surface area contributed by atoms with Crippen molar-refractivity contribution >= 4 is 17.1 Å². The molecule has 0 spiro atoms. The van der Waals surface area contributed by atoms with Gasteiger partial charge < -0.3 is 10.1 Å². The fourth-order valence-electron chi connectivity index (χ4n) is 1.34. The van der Waals surface area contributed by atoms with Crippen LogP contribution in [0, 0.1) is 0 Å². The Morgan fingerprint density at radius 1 is 1.54 bits per heavy atom. The minimum atomic E-state index is -0.109. The SMILES string of the molecule is CC(N)c1nc(Cl)c2ccccn12. The molecule has 68 valence electrons. The lowest BCUT2D eigenvalue weighted by Crippen LogP contribution is -2.09. The van der Waals surface area contributed by atoms with E-state index in [0.29, 0.717) is 5.15 Å². The molecule has 0 aromatic carbocycles. The standard InChI is InChI=1S/C9H10ClN3/c1-6(11)9-12-8(10)7-4-2-3-5-13(7)9/h2-6H,11H2,1H3. The third-order valence-electron chi connectivity index (χ3n) is 1.94. The largest absolute Gasteiger partial charge is 0.322 e. The van der Waals surface area contributed by atoms with Crippen LogP contribution < -0.4 is 5.73 Å². The van der Waals surface area contributed by atoms with Crippen molar-refractivity contribution in [3.05, 3.63) is 35.4 Å². The summed E-state index contributed by atoms with van der Waals surface area (Å²) in [6, 6.07) is 5.66. The van der Waals surface area contributed by atoms with Crippen LogP contribution in [-0.4, -0.2) is 9.38 Å². The Bertz CT molecular complexity index is 433. The van der Waals surface area contributed by atoms with Gasteiger partial charge >= 0.3 is 0 Å². The zero-order valence-electron chi connectivity index (χ0n) is 7.24. The molecule has 0 radical (unpaired) electrons. The van der Waals surface area contributed by atoms with Gasteiger partial charge in [-0.25, -0.2) is 4.98 Å². The van der Waals surface area contributed by atoms with Gasteiger partial charge in [0, 0.05) is 6.20 Å². The van der Waals surface area contributed by atoms with Crippen LogP contribution in [0.3, 0.4) is 0 Å². The predicted octanol–water partition coefficient (Wildman–Crippen LogP) is 2.01. The van der Waals surface area contributed by atoms with Gasteiger partial charge in [-0.1, -0.05) is 17.7 Å². The lowest BCUT2D eigenvalue weighted by atomic mass is 10.3. The van der Waals surface area contributed by atoms with Crippen molar-refractivity contribution in [1.29, 1.82) is 0 Å². The maximum atomic E-state index is 5.93. The van der Waals surface area contributed by atoms with E-state index < -0.39 is 0 Å². The fraction of sp³-hybridized carbons (Fsp3) is 0.222. The molecule has 2 aromatic rings. The molecule has 2 rings (SSSR count). The van der Waals surface area contributed by atoms with Crippen LogP contribution in [0.5, 0.6) is 0 Å². The Labute approximate surface area is 81.1 Å². The van der Waals surface area contributed by atoms with Gasteiger partial charge in [0.25, 0.3) is 0 Å². The van der Waals surface area contributed by atoms with E-state index in [0.717, 1.165) is 11.3 Å². The smallest absolute Gasteiger partial charge is 0.155 e. The molecule has 0 aliphatic rings. The van der Waals surface area contributed by atoms with Crippen LogP contribution in [0.4, 0.5) is 0 Å². The second-order valence-corrected chi connectivity index (χ2v) is 3.36. The molecule has 0 aliphatic carbocycles. The topological polar surface area (TPSA) is 43.3 Å². The van der Waals surface area contributed by atoms with Crippen molar-refractivity contribution in [3.63, 3.8) is 0 Å². The number of pyridine rings is 1. The zero-order chi connectivity index (χ0) is 9.42. The van der Waals surface area contributed by atoms with E-state index in [1.807, 2.05) is 35.7 Å². The molecular weight excluding hydrogens is 186 g/mol. The molecule has 1 atom stereocenters. The highest BCUT2D eigenvalue weighted by molar-refractivity contribution is 6.32. The molecule has 0 fully saturated rings. The first-order chi connectivity index (χ1) is 6.20. The molecule has 0 aliphatic heterocycles. The van der Waals surface area contributed by atoms with Crippen molar-refractivity contribution in [2.45, 2.75) is 13.0 Å². The molecule has 0 bridgehead atoms. The first kappa shape index (κ1) is 8.53. The summed E-state index contributed by atoms with van der Waals surface area (Å²) in [4.78, 5) is 4.19. The van der Waals surface area contributed by atoms with E-state index in [2.05, 4.69) is 4.98 Å². The van der Waals surface area contributed by atoms with Crippen LogP contribution >= 0.6 is 11.6 Å². The number of imidazole rings is 1. The number of halogens is 1. The van der Waals surface area contributed by atoms with E-state index in [-0.39, 0.29) is 6.04 Å². The van der Waals surface area contributed by atoms with Gasteiger partial charge in [0.2, 0.25) is 0 Å². The van der Waals surface area contributed by atoms with Crippen LogP contribution in [-0.2, 0) is 0 Å². The number of nitrogens with two attached hydrogens (primary N) is 1. The number of rotatable bonds is 1. The first-order valence-corrected chi connectivity index (χ1v) is 4.46. The van der Waals surface area contributed by atoms with Gasteiger partial charge in [0.1, 0.15) is 5.82 Å². The quantitative estimate of drug-likeness (QED) is 0.757. The highest BCUT2D eigenvalue weighted by Crippen LogP contribution is 2.20. The second kappa shape index (κ2) is 3.01. The first-order valence-electron chi connectivity index (χ1n) is 4.08. The van der Waals surface area contributed by atoms with Crippen LogP contribution in [0.25, 0.3) is 5.52 Å². The summed E-state index contributed by atoms with van der Waals surface area (Å²) in [5, 5.41) is 0.507. The average molecular weight is 196 g/mol. The second-order valence-electron chi connectivity index (χ2n) is 3.01. The zero-order valence-corrected chi connectivity index (χ0v) is 7.99. The average Bonchev–Trinajstić information content (AvgIpc) is 2.45. The Hall–Kier alpha value is -1.06. The number of aromatic nitrogens is 2. The minimum absolute atomic E-state index is 0.109. The molecule has 3 nitrogen and oxygen atoms in total. The molecule has 2 N–H and O–H groups in total. The third kappa shape index (κ3) is 1.30. The van der Waals surface area contributed by atoms with Crippen LogP contribution in [0.15, 0.2) is 24.4 Å². The molecule has 1 unspecified atom stereocenters. The predicted molar refractivity (Wildman–Crippen MR) is 52.8 cm³/mol. The molecular formula is C9H10ClN3. The Morgan fingerprint density at radius 2 is 2.31 bits per heavy atom. The van der Waals surface area contributed by atoms with Gasteiger partial charge in [-0.2, -0.15) is 0 Å². The lowest BCUT2D eigenvalue weighted by molar-refractivity contribution is 0.736. The molecule has 0 amide bonds. The molecule has 4 heteroatoms. The number of hydrogen-bond acceptors (Lipinski definition) is 2. The van der Waals surface area contributed by atoms with E-state index in [1.54, 1.807) is 0 Å². The third-order valence-corrected chi connectivity index (χ3v) is 2.22. The van der Waals surface area contributed by atoms with Crippen molar-refractivity contribution in [3.8, 4) is 0 Å². The number of fused-ring (bicyclic) bond motifs is 1.